The number of halogens is 1. The van der Waals surface area contributed by atoms with Gasteiger partial charge < -0.3 is 9.47 Å². The van der Waals surface area contributed by atoms with Gasteiger partial charge in [-0.05, 0) is 70.0 Å². The molecule has 0 saturated carbocycles. The molecule has 0 radical (unpaired) electrons. The number of fused-ring (bicyclic) bond motifs is 1. The number of nitrogens with zero attached hydrogens (tertiary/aromatic N) is 1. The highest BCUT2D eigenvalue weighted by Crippen LogP contribution is 2.34. The second kappa shape index (κ2) is 8.33. The van der Waals surface area contributed by atoms with Crippen molar-refractivity contribution in [2.75, 3.05) is 13.7 Å². The fraction of sp³-hybridized carbons (Fsp3) is 0.364. The quantitative estimate of drug-likeness (QED) is 0.759. The Bertz CT molecular complexity index is 920. The van der Waals surface area contributed by atoms with E-state index in [4.69, 9.17) is 21.1 Å². The zero-order chi connectivity index (χ0) is 21.2. The van der Waals surface area contributed by atoms with Crippen molar-refractivity contribution in [1.82, 2.24) is 10.4 Å². The van der Waals surface area contributed by atoms with Crippen molar-refractivity contribution in [3.05, 3.63) is 58.1 Å². The SMILES string of the molecule is COc1ccc(C(=O)N(NC(=O)c2ccc3c(c2Cl)CCCO3)C(C)(C)C)cc1. The number of carbonyl (C=O) groups excluding carboxylic acids is 2. The number of hydrogen-bond donors (Lipinski definition) is 1. The molecule has 2 aromatic rings. The van der Waals surface area contributed by atoms with E-state index >= 15 is 0 Å². The Morgan fingerprint density at radius 3 is 2.45 bits per heavy atom. The first-order chi connectivity index (χ1) is 13.7. The third-order valence-electron chi connectivity index (χ3n) is 4.70. The average Bonchev–Trinajstić information content (AvgIpc) is 2.71. The minimum absolute atomic E-state index is 0.313. The molecular weight excluding hydrogens is 392 g/mol. The van der Waals surface area contributed by atoms with Crippen molar-refractivity contribution in [1.29, 1.82) is 0 Å². The molecular formula is C22H25ClN2O4. The summed E-state index contributed by atoms with van der Waals surface area (Å²) in [6, 6.07) is 10.1. The molecule has 0 bridgehead atoms. The van der Waals surface area contributed by atoms with E-state index in [1.54, 1.807) is 43.5 Å². The normalized spacial score (nSPS) is 13.1. The highest BCUT2D eigenvalue weighted by Gasteiger charge is 2.31. The van der Waals surface area contributed by atoms with E-state index in [1.165, 1.54) is 5.01 Å². The molecule has 0 atom stereocenters. The first kappa shape index (κ1) is 21.0. The Morgan fingerprint density at radius 1 is 1.14 bits per heavy atom. The maximum absolute atomic E-state index is 13.1. The minimum atomic E-state index is -0.656. The van der Waals surface area contributed by atoms with Gasteiger partial charge in [-0.3, -0.25) is 15.0 Å². The topological polar surface area (TPSA) is 67.9 Å². The molecule has 1 aliphatic rings. The molecule has 1 heterocycles. The summed E-state index contributed by atoms with van der Waals surface area (Å²) in [7, 11) is 1.56. The van der Waals surface area contributed by atoms with E-state index in [-0.39, 0.29) is 5.91 Å². The van der Waals surface area contributed by atoms with Crippen molar-refractivity contribution >= 4 is 23.4 Å². The fourth-order valence-electron chi connectivity index (χ4n) is 3.13. The summed E-state index contributed by atoms with van der Waals surface area (Å²) < 4.78 is 10.7. The number of ether oxygens (including phenoxy) is 2. The highest BCUT2D eigenvalue weighted by molar-refractivity contribution is 6.34. The number of nitrogens with one attached hydrogen (secondary N) is 1. The Balaban J connectivity index is 1.87. The van der Waals surface area contributed by atoms with Gasteiger partial charge in [0.1, 0.15) is 11.5 Å². The summed E-state index contributed by atoms with van der Waals surface area (Å²) in [5.74, 6) is 0.585. The van der Waals surface area contributed by atoms with Gasteiger partial charge in [0.05, 0.1) is 29.8 Å². The van der Waals surface area contributed by atoms with Gasteiger partial charge in [0.2, 0.25) is 0 Å². The summed E-state index contributed by atoms with van der Waals surface area (Å²) >= 11 is 6.49. The van der Waals surface area contributed by atoms with Crippen LogP contribution in [0.25, 0.3) is 0 Å². The van der Waals surface area contributed by atoms with Gasteiger partial charge >= 0.3 is 0 Å². The Morgan fingerprint density at radius 2 is 1.83 bits per heavy atom. The molecule has 1 aliphatic heterocycles. The molecule has 7 heteroatoms. The van der Waals surface area contributed by atoms with E-state index in [1.807, 2.05) is 20.8 Å². The molecule has 0 saturated heterocycles. The lowest BCUT2D eigenvalue weighted by Gasteiger charge is -2.35. The van der Waals surface area contributed by atoms with Crippen LogP contribution in [0.2, 0.25) is 5.02 Å². The highest BCUT2D eigenvalue weighted by atomic mass is 35.5. The minimum Gasteiger partial charge on any atom is -0.497 e. The molecule has 0 aliphatic carbocycles. The van der Waals surface area contributed by atoms with Gasteiger partial charge in [-0.1, -0.05) is 11.6 Å². The van der Waals surface area contributed by atoms with Crippen LogP contribution >= 0.6 is 11.6 Å². The third kappa shape index (κ3) is 4.48. The van der Waals surface area contributed by atoms with Gasteiger partial charge in [-0.2, -0.15) is 0 Å². The van der Waals surface area contributed by atoms with Crippen molar-refractivity contribution in [3.63, 3.8) is 0 Å². The first-order valence-electron chi connectivity index (χ1n) is 9.46. The van der Waals surface area contributed by atoms with E-state index in [9.17, 15) is 9.59 Å². The van der Waals surface area contributed by atoms with Crippen LogP contribution in [0, 0.1) is 0 Å². The monoisotopic (exact) mass is 416 g/mol. The number of benzene rings is 2. The molecule has 29 heavy (non-hydrogen) atoms. The number of amides is 2. The van der Waals surface area contributed by atoms with Gasteiger partial charge in [0.15, 0.2) is 0 Å². The number of methoxy groups -OCH3 is 1. The van der Waals surface area contributed by atoms with Crippen LogP contribution in [0.3, 0.4) is 0 Å². The smallest absolute Gasteiger partial charge is 0.272 e. The van der Waals surface area contributed by atoms with Crippen molar-refractivity contribution in [3.8, 4) is 11.5 Å². The van der Waals surface area contributed by atoms with Gasteiger partial charge in [-0.25, -0.2) is 5.01 Å². The third-order valence-corrected chi connectivity index (χ3v) is 5.13. The zero-order valence-electron chi connectivity index (χ0n) is 17.0. The summed E-state index contributed by atoms with van der Waals surface area (Å²) in [5.41, 5.74) is 3.66. The van der Waals surface area contributed by atoms with E-state index in [0.29, 0.717) is 34.3 Å². The molecule has 2 aromatic carbocycles. The van der Waals surface area contributed by atoms with E-state index < -0.39 is 11.4 Å². The Kier molecular flexibility index (Phi) is 6.03. The van der Waals surface area contributed by atoms with E-state index in [0.717, 1.165) is 18.4 Å². The second-order valence-corrected chi connectivity index (χ2v) is 8.21. The maximum Gasteiger partial charge on any atom is 0.272 e. The molecule has 2 amide bonds. The molecule has 6 nitrogen and oxygen atoms in total. The van der Waals surface area contributed by atoms with Gasteiger partial charge in [0, 0.05) is 11.1 Å². The van der Waals surface area contributed by atoms with E-state index in [2.05, 4.69) is 5.43 Å². The summed E-state index contributed by atoms with van der Waals surface area (Å²) in [6.45, 7) is 6.17. The van der Waals surface area contributed by atoms with Crippen LogP contribution in [0.15, 0.2) is 36.4 Å². The molecule has 1 N–H and O–H groups in total. The van der Waals surface area contributed by atoms with Crippen molar-refractivity contribution < 1.29 is 19.1 Å². The zero-order valence-corrected chi connectivity index (χ0v) is 17.8. The number of hydrogen-bond acceptors (Lipinski definition) is 4. The van der Waals surface area contributed by atoms with Crippen LogP contribution in [-0.2, 0) is 6.42 Å². The molecule has 0 unspecified atom stereocenters. The first-order valence-corrected chi connectivity index (χ1v) is 9.84. The lowest BCUT2D eigenvalue weighted by atomic mass is 10.0. The molecule has 3 rings (SSSR count). The Labute approximate surface area is 175 Å². The van der Waals surface area contributed by atoms with Crippen LogP contribution in [0.4, 0.5) is 0 Å². The second-order valence-electron chi connectivity index (χ2n) is 7.84. The average molecular weight is 417 g/mol. The molecule has 0 aromatic heterocycles. The molecule has 0 fully saturated rings. The molecule has 0 spiro atoms. The number of hydrazine groups is 1. The van der Waals surface area contributed by atoms with Gasteiger partial charge in [-0.15, -0.1) is 0 Å². The van der Waals surface area contributed by atoms with Crippen LogP contribution in [-0.4, -0.2) is 36.1 Å². The van der Waals surface area contributed by atoms with Gasteiger partial charge in [0.25, 0.3) is 11.8 Å². The Hall–Kier alpha value is -2.73. The predicted molar refractivity (Wildman–Crippen MR) is 112 cm³/mol. The van der Waals surface area contributed by atoms with Crippen LogP contribution < -0.4 is 14.9 Å². The standard InChI is InChI=1S/C22H25ClN2O4/c1-22(2,3)25(21(27)14-7-9-15(28-4)10-8-14)24-20(26)17-11-12-18-16(19(17)23)6-5-13-29-18/h7-12H,5-6,13H2,1-4H3,(H,24,26). The largest absolute Gasteiger partial charge is 0.497 e. The lowest BCUT2D eigenvalue weighted by Crippen LogP contribution is -2.55. The van der Waals surface area contributed by atoms with Crippen LogP contribution in [0.1, 0.15) is 53.5 Å². The van der Waals surface area contributed by atoms with Crippen LogP contribution in [0.5, 0.6) is 11.5 Å². The fourth-order valence-corrected chi connectivity index (χ4v) is 3.46. The summed E-state index contributed by atoms with van der Waals surface area (Å²) in [4.78, 5) is 26.1. The summed E-state index contributed by atoms with van der Waals surface area (Å²) in [5, 5.41) is 1.69. The van der Waals surface area contributed by atoms with Crippen molar-refractivity contribution in [2.45, 2.75) is 39.2 Å². The predicted octanol–water partition coefficient (Wildman–Crippen LogP) is 4.26. The summed E-state index contributed by atoms with van der Waals surface area (Å²) in [6.07, 6.45) is 1.60. The number of rotatable bonds is 3. The molecule has 154 valence electrons. The lowest BCUT2D eigenvalue weighted by molar-refractivity contribution is 0.0358. The van der Waals surface area contributed by atoms with Crippen molar-refractivity contribution in [2.24, 2.45) is 0 Å². The number of carbonyl (C=O) groups is 2. The maximum atomic E-state index is 13.1.